The average molecular weight is 316 g/mol. The zero-order chi connectivity index (χ0) is 14.8. The maximum atomic E-state index is 12.1. The highest BCUT2D eigenvalue weighted by atomic mass is 35.5. The first-order valence-corrected chi connectivity index (χ1v) is 7.72. The van der Waals surface area contributed by atoms with E-state index in [1.807, 2.05) is 6.92 Å². The van der Waals surface area contributed by atoms with Crippen LogP contribution in [0.4, 0.5) is 5.69 Å². The molecule has 0 fully saturated rings. The van der Waals surface area contributed by atoms with Gasteiger partial charge in [0.25, 0.3) is 10.0 Å². The lowest BCUT2D eigenvalue weighted by Gasteiger charge is -2.08. The highest BCUT2D eigenvalue weighted by Crippen LogP contribution is 2.28. The quantitative estimate of drug-likeness (QED) is 0.887. The van der Waals surface area contributed by atoms with E-state index in [0.717, 1.165) is 0 Å². The Morgan fingerprint density at radius 2 is 2.20 bits per heavy atom. The SMILES string of the molecule is CCc1ncc(S(=O)(=O)Nc2ccc(OC)c(Cl)c2)[nH]1. The van der Waals surface area contributed by atoms with Crippen molar-refractivity contribution in [2.24, 2.45) is 0 Å². The highest BCUT2D eigenvalue weighted by molar-refractivity contribution is 7.92. The van der Waals surface area contributed by atoms with Crippen LogP contribution < -0.4 is 9.46 Å². The Morgan fingerprint density at radius 3 is 2.75 bits per heavy atom. The number of hydrogen-bond donors (Lipinski definition) is 2. The van der Waals surface area contributed by atoms with Crippen LogP contribution in [0.15, 0.2) is 29.4 Å². The molecule has 20 heavy (non-hydrogen) atoms. The summed E-state index contributed by atoms with van der Waals surface area (Å²) in [5.74, 6) is 1.09. The van der Waals surface area contributed by atoms with Gasteiger partial charge in [-0.25, -0.2) is 4.98 Å². The van der Waals surface area contributed by atoms with Crippen LogP contribution in [0.2, 0.25) is 5.02 Å². The van der Waals surface area contributed by atoms with E-state index in [-0.39, 0.29) is 5.03 Å². The number of hydrogen-bond acceptors (Lipinski definition) is 4. The van der Waals surface area contributed by atoms with Gasteiger partial charge in [0.1, 0.15) is 11.6 Å². The van der Waals surface area contributed by atoms with Crippen molar-refractivity contribution in [2.45, 2.75) is 18.4 Å². The number of methoxy groups -OCH3 is 1. The molecule has 2 N–H and O–H groups in total. The molecule has 0 saturated heterocycles. The Bertz CT molecular complexity index is 712. The first-order valence-electron chi connectivity index (χ1n) is 5.86. The summed E-state index contributed by atoms with van der Waals surface area (Å²) in [5.41, 5.74) is 0.350. The molecule has 108 valence electrons. The molecule has 0 aliphatic heterocycles. The van der Waals surface area contributed by atoms with Crippen LogP contribution in [0.5, 0.6) is 5.75 Å². The molecule has 0 aliphatic rings. The van der Waals surface area contributed by atoms with E-state index in [4.69, 9.17) is 16.3 Å². The molecule has 0 aliphatic carbocycles. The molecule has 2 rings (SSSR count). The van der Waals surface area contributed by atoms with Crippen molar-refractivity contribution < 1.29 is 13.2 Å². The third kappa shape index (κ3) is 3.05. The summed E-state index contributed by atoms with van der Waals surface area (Å²) in [6, 6.07) is 4.64. The zero-order valence-corrected chi connectivity index (χ0v) is 12.5. The predicted octanol–water partition coefficient (Wildman–Crippen LogP) is 2.43. The highest BCUT2D eigenvalue weighted by Gasteiger charge is 2.17. The molecule has 0 spiro atoms. The number of rotatable bonds is 5. The molecule has 0 saturated carbocycles. The van der Waals surface area contributed by atoms with Crippen LogP contribution in [0, 0.1) is 0 Å². The lowest BCUT2D eigenvalue weighted by molar-refractivity contribution is 0.415. The molecule has 0 radical (unpaired) electrons. The normalized spacial score (nSPS) is 11.3. The molecule has 0 bridgehead atoms. The van der Waals surface area contributed by atoms with Crippen molar-refractivity contribution in [3.63, 3.8) is 0 Å². The van der Waals surface area contributed by atoms with Crippen molar-refractivity contribution in [3.8, 4) is 5.75 Å². The zero-order valence-electron chi connectivity index (χ0n) is 11.0. The summed E-state index contributed by atoms with van der Waals surface area (Å²) in [7, 11) is -2.22. The topological polar surface area (TPSA) is 84.1 Å². The van der Waals surface area contributed by atoms with Gasteiger partial charge < -0.3 is 9.72 Å². The molecule has 2 aromatic rings. The second kappa shape index (κ2) is 5.72. The molecular weight excluding hydrogens is 302 g/mol. The van der Waals surface area contributed by atoms with E-state index < -0.39 is 10.0 Å². The number of anilines is 1. The van der Waals surface area contributed by atoms with Crippen LogP contribution in [-0.2, 0) is 16.4 Å². The number of aryl methyl sites for hydroxylation is 1. The molecule has 1 heterocycles. The molecule has 6 nitrogen and oxygen atoms in total. The lowest BCUT2D eigenvalue weighted by Crippen LogP contribution is -2.13. The minimum atomic E-state index is -3.71. The number of halogens is 1. The number of ether oxygens (including phenoxy) is 1. The van der Waals surface area contributed by atoms with Gasteiger partial charge in [0.15, 0.2) is 5.03 Å². The molecule has 8 heteroatoms. The van der Waals surface area contributed by atoms with Gasteiger partial charge in [-0.05, 0) is 18.2 Å². The van der Waals surface area contributed by atoms with Crippen molar-refractivity contribution in [1.82, 2.24) is 9.97 Å². The number of benzene rings is 1. The van der Waals surface area contributed by atoms with Crippen LogP contribution in [0.1, 0.15) is 12.7 Å². The maximum Gasteiger partial charge on any atom is 0.278 e. The predicted molar refractivity (Wildman–Crippen MR) is 76.8 cm³/mol. The third-order valence-electron chi connectivity index (χ3n) is 2.63. The number of aromatic amines is 1. The average Bonchev–Trinajstić information content (AvgIpc) is 2.88. The maximum absolute atomic E-state index is 12.1. The van der Waals surface area contributed by atoms with Gasteiger partial charge in [0.2, 0.25) is 0 Å². The summed E-state index contributed by atoms with van der Waals surface area (Å²) >= 11 is 5.95. The largest absolute Gasteiger partial charge is 0.495 e. The standard InChI is InChI=1S/C12H14ClN3O3S/c1-3-11-14-7-12(15-11)20(17,18)16-8-4-5-10(19-2)9(13)6-8/h4-7,16H,3H2,1-2H3,(H,14,15). The van der Waals surface area contributed by atoms with E-state index in [1.54, 1.807) is 12.1 Å². The Kier molecular flexibility index (Phi) is 4.20. The van der Waals surface area contributed by atoms with Crippen LogP contribution in [0.25, 0.3) is 0 Å². The smallest absolute Gasteiger partial charge is 0.278 e. The number of aromatic nitrogens is 2. The fraction of sp³-hybridized carbons (Fsp3) is 0.250. The number of nitrogens with zero attached hydrogens (tertiary/aromatic N) is 1. The van der Waals surface area contributed by atoms with E-state index in [2.05, 4.69) is 14.7 Å². The van der Waals surface area contributed by atoms with E-state index in [0.29, 0.717) is 28.7 Å². The fourth-order valence-corrected chi connectivity index (χ4v) is 2.85. The molecule has 0 atom stereocenters. The molecular formula is C12H14ClN3O3S. The Labute approximate surface area is 122 Å². The monoisotopic (exact) mass is 315 g/mol. The van der Waals surface area contributed by atoms with Crippen molar-refractivity contribution in [3.05, 3.63) is 35.2 Å². The van der Waals surface area contributed by atoms with Gasteiger partial charge in [0.05, 0.1) is 24.0 Å². The second-order valence-corrected chi connectivity index (χ2v) is 6.06. The second-order valence-electron chi connectivity index (χ2n) is 4.00. The van der Waals surface area contributed by atoms with Crippen molar-refractivity contribution >= 4 is 27.3 Å². The van der Waals surface area contributed by atoms with Gasteiger partial charge in [-0.2, -0.15) is 8.42 Å². The first kappa shape index (κ1) is 14.7. The molecule has 0 amide bonds. The number of nitrogens with one attached hydrogen (secondary N) is 2. The van der Waals surface area contributed by atoms with E-state index in [1.165, 1.54) is 19.4 Å². The van der Waals surface area contributed by atoms with Crippen LogP contribution in [0.3, 0.4) is 0 Å². The summed E-state index contributed by atoms with van der Waals surface area (Å²) in [6.07, 6.45) is 1.91. The van der Waals surface area contributed by atoms with Crippen LogP contribution in [-0.4, -0.2) is 25.5 Å². The molecule has 1 aromatic heterocycles. The number of imidazole rings is 1. The summed E-state index contributed by atoms with van der Waals surface area (Å²) < 4.78 is 31.7. The van der Waals surface area contributed by atoms with Crippen LogP contribution >= 0.6 is 11.6 Å². The first-order chi connectivity index (χ1) is 9.46. The third-order valence-corrected chi connectivity index (χ3v) is 4.22. The van der Waals surface area contributed by atoms with Gasteiger partial charge in [-0.3, -0.25) is 4.72 Å². The molecule has 1 aromatic carbocycles. The summed E-state index contributed by atoms with van der Waals surface area (Å²) in [5, 5.41) is 0.341. The fourth-order valence-electron chi connectivity index (χ4n) is 1.60. The van der Waals surface area contributed by atoms with Gasteiger partial charge in [0, 0.05) is 6.42 Å². The summed E-state index contributed by atoms with van der Waals surface area (Å²) in [6.45, 7) is 1.88. The van der Waals surface area contributed by atoms with Gasteiger partial charge in [-0.15, -0.1) is 0 Å². The summed E-state index contributed by atoms with van der Waals surface area (Å²) in [4.78, 5) is 6.71. The lowest BCUT2D eigenvalue weighted by atomic mass is 10.3. The number of sulfonamides is 1. The van der Waals surface area contributed by atoms with E-state index >= 15 is 0 Å². The Balaban J connectivity index is 2.26. The van der Waals surface area contributed by atoms with Crippen molar-refractivity contribution in [2.75, 3.05) is 11.8 Å². The number of H-pyrrole nitrogens is 1. The minimum absolute atomic E-state index is 0.0151. The van der Waals surface area contributed by atoms with E-state index in [9.17, 15) is 8.42 Å². The minimum Gasteiger partial charge on any atom is -0.495 e. The Morgan fingerprint density at radius 1 is 1.45 bits per heavy atom. The van der Waals surface area contributed by atoms with Gasteiger partial charge >= 0.3 is 0 Å². The van der Waals surface area contributed by atoms with Gasteiger partial charge in [-0.1, -0.05) is 18.5 Å². The Hall–Kier alpha value is -1.73. The van der Waals surface area contributed by atoms with Crippen molar-refractivity contribution in [1.29, 1.82) is 0 Å². The molecule has 0 unspecified atom stereocenters.